The topological polar surface area (TPSA) is 82.6 Å². The van der Waals surface area contributed by atoms with Crippen molar-refractivity contribution in [1.29, 1.82) is 0 Å². The van der Waals surface area contributed by atoms with Gasteiger partial charge in [-0.05, 0) is 6.07 Å². The number of hydrogen-bond donors (Lipinski definition) is 2. The lowest BCUT2D eigenvalue weighted by Crippen LogP contribution is -2.37. The molecule has 1 heterocycles. The SMILES string of the molecule is COCCN(CCO)C(=O)c1cccc(=O)[nH]1. The van der Waals surface area contributed by atoms with Crippen molar-refractivity contribution < 1.29 is 14.6 Å². The Bertz CT molecular complexity index is 416. The van der Waals surface area contributed by atoms with Crippen LogP contribution in [0.2, 0.25) is 0 Å². The van der Waals surface area contributed by atoms with Gasteiger partial charge >= 0.3 is 0 Å². The Morgan fingerprint density at radius 1 is 1.47 bits per heavy atom. The summed E-state index contributed by atoms with van der Waals surface area (Å²) in [6.07, 6.45) is 0. The van der Waals surface area contributed by atoms with Crippen molar-refractivity contribution in [2.75, 3.05) is 33.4 Å². The lowest BCUT2D eigenvalue weighted by Gasteiger charge is -2.20. The van der Waals surface area contributed by atoms with E-state index in [9.17, 15) is 9.59 Å². The molecular weight excluding hydrogens is 224 g/mol. The summed E-state index contributed by atoms with van der Waals surface area (Å²) >= 11 is 0. The minimum absolute atomic E-state index is 0.132. The molecule has 1 amide bonds. The molecule has 6 nitrogen and oxygen atoms in total. The molecule has 0 aliphatic heterocycles. The largest absolute Gasteiger partial charge is 0.395 e. The summed E-state index contributed by atoms with van der Waals surface area (Å²) in [6.45, 7) is 0.821. The van der Waals surface area contributed by atoms with Gasteiger partial charge < -0.3 is 19.7 Å². The Kier molecular flexibility index (Phi) is 5.38. The average molecular weight is 240 g/mol. The maximum absolute atomic E-state index is 12.0. The Labute approximate surface area is 98.8 Å². The first-order valence-electron chi connectivity index (χ1n) is 5.27. The molecule has 17 heavy (non-hydrogen) atoms. The fraction of sp³-hybridized carbons (Fsp3) is 0.455. The number of amides is 1. The number of aliphatic hydroxyl groups excluding tert-OH is 1. The molecule has 6 heteroatoms. The van der Waals surface area contributed by atoms with E-state index in [-0.39, 0.29) is 30.3 Å². The fourth-order valence-corrected chi connectivity index (χ4v) is 1.38. The predicted molar refractivity (Wildman–Crippen MR) is 61.9 cm³/mol. The molecule has 0 aliphatic rings. The van der Waals surface area contributed by atoms with E-state index >= 15 is 0 Å². The predicted octanol–water partition coefficient (Wildman–Crippen LogP) is -0.544. The van der Waals surface area contributed by atoms with Gasteiger partial charge in [-0.3, -0.25) is 9.59 Å². The van der Waals surface area contributed by atoms with Gasteiger partial charge in [0.2, 0.25) is 5.56 Å². The van der Waals surface area contributed by atoms with Crippen LogP contribution < -0.4 is 5.56 Å². The summed E-state index contributed by atoms with van der Waals surface area (Å²) in [7, 11) is 1.53. The lowest BCUT2D eigenvalue weighted by atomic mass is 10.3. The summed E-state index contributed by atoms with van der Waals surface area (Å²) < 4.78 is 4.88. The van der Waals surface area contributed by atoms with Gasteiger partial charge in [-0.2, -0.15) is 0 Å². The second kappa shape index (κ2) is 6.82. The molecule has 2 N–H and O–H groups in total. The van der Waals surface area contributed by atoms with Crippen LogP contribution in [-0.2, 0) is 4.74 Å². The molecule has 0 aliphatic carbocycles. The Hall–Kier alpha value is -1.66. The number of aromatic nitrogens is 1. The molecule has 0 saturated carbocycles. The minimum atomic E-state index is -0.327. The van der Waals surface area contributed by atoms with Crippen molar-refractivity contribution in [1.82, 2.24) is 9.88 Å². The number of rotatable bonds is 6. The van der Waals surface area contributed by atoms with Crippen LogP contribution in [-0.4, -0.2) is 54.3 Å². The quantitative estimate of drug-likeness (QED) is 0.699. The molecule has 0 aromatic carbocycles. The number of carbonyl (C=O) groups excluding carboxylic acids is 1. The first kappa shape index (κ1) is 13.4. The summed E-state index contributed by atoms with van der Waals surface area (Å²) in [5, 5.41) is 8.88. The van der Waals surface area contributed by atoms with E-state index < -0.39 is 0 Å². The highest BCUT2D eigenvalue weighted by atomic mass is 16.5. The monoisotopic (exact) mass is 240 g/mol. The number of pyridine rings is 1. The third kappa shape index (κ3) is 4.01. The van der Waals surface area contributed by atoms with Gasteiger partial charge in [0.25, 0.3) is 5.91 Å². The van der Waals surface area contributed by atoms with Crippen LogP contribution in [0, 0.1) is 0 Å². The zero-order valence-electron chi connectivity index (χ0n) is 9.68. The molecule has 0 spiro atoms. The van der Waals surface area contributed by atoms with Crippen LogP contribution >= 0.6 is 0 Å². The van der Waals surface area contributed by atoms with Crippen molar-refractivity contribution in [3.8, 4) is 0 Å². The number of H-pyrrole nitrogens is 1. The highest BCUT2D eigenvalue weighted by molar-refractivity contribution is 5.92. The molecule has 1 aromatic heterocycles. The fourth-order valence-electron chi connectivity index (χ4n) is 1.38. The van der Waals surface area contributed by atoms with Crippen LogP contribution in [0.25, 0.3) is 0 Å². The molecule has 0 saturated heterocycles. The molecule has 0 radical (unpaired) electrons. The summed E-state index contributed by atoms with van der Waals surface area (Å²) in [5.41, 5.74) is -0.117. The smallest absolute Gasteiger partial charge is 0.270 e. The van der Waals surface area contributed by atoms with Crippen LogP contribution in [0.5, 0.6) is 0 Å². The van der Waals surface area contributed by atoms with E-state index in [0.29, 0.717) is 13.2 Å². The molecule has 0 unspecified atom stereocenters. The van der Waals surface area contributed by atoms with E-state index in [0.717, 1.165) is 0 Å². The second-order valence-corrected chi connectivity index (χ2v) is 3.44. The third-order valence-corrected chi connectivity index (χ3v) is 2.22. The van der Waals surface area contributed by atoms with E-state index in [1.165, 1.54) is 30.2 Å². The summed E-state index contributed by atoms with van der Waals surface area (Å²) in [6, 6.07) is 4.38. The number of nitrogens with zero attached hydrogens (tertiary/aromatic N) is 1. The van der Waals surface area contributed by atoms with Crippen molar-refractivity contribution >= 4 is 5.91 Å². The van der Waals surface area contributed by atoms with E-state index in [1.807, 2.05) is 0 Å². The number of carbonyl (C=O) groups is 1. The maximum atomic E-state index is 12.0. The summed E-state index contributed by atoms with van der Waals surface area (Å²) in [5.74, 6) is -0.325. The first-order chi connectivity index (χ1) is 8.19. The molecule has 94 valence electrons. The molecular formula is C11H16N2O4. The highest BCUT2D eigenvalue weighted by Gasteiger charge is 2.15. The number of ether oxygens (including phenoxy) is 1. The second-order valence-electron chi connectivity index (χ2n) is 3.44. The van der Waals surface area contributed by atoms with Crippen molar-refractivity contribution in [2.24, 2.45) is 0 Å². The number of aliphatic hydroxyl groups is 1. The van der Waals surface area contributed by atoms with Gasteiger partial charge in [-0.1, -0.05) is 6.07 Å². The van der Waals surface area contributed by atoms with Gasteiger partial charge in [-0.25, -0.2) is 0 Å². The standard InChI is InChI=1S/C11H16N2O4/c1-17-8-6-13(5-7-14)11(16)9-3-2-4-10(15)12-9/h2-4,14H,5-8H2,1H3,(H,12,15). The van der Waals surface area contributed by atoms with Crippen molar-refractivity contribution in [3.05, 3.63) is 34.2 Å². The minimum Gasteiger partial charge on any atom is -0.395 e. The lowest BCUT2D eigenvalue weighted by molar-refractivity contribution is 0.0650. The number of methoxy groups -OCH3 is 1. The van der Waals surface area contributed by atoms with Crippen LogP contribution in [0.15, 0.2) is 23.0 Å². The van der Waals surface area contributed by atoms with Crippen molar-refractivity contribution in [2.45, 2.75) is 0 Å². The highest BCUT2D eigenvalue weighted by Crippen LogP contribution is 1.99. The summed E-state index contributed by atoms with van der Waals surface area (Å²) in [4.78, 5) is 26.9. The molecule has 0 atom stereocenters. The zero-order valence-corrected chi connectivity index (χ0v) is 9.68. The van der Waals surface area contributed by atoms with Gasteiger partial charge in [0, 0.05) is 26.3 Å². The van der Waals surface area contributed by atoms with Crippen LogP contribution in [0.3, 0.4) is 0 Å². The normalized spacial score (nSPS) is 10.2. The van der Waals surface area contributed by atoms with Crippen LogP contribution in [0.4, 0.5) is 0 Å². The van der Waals surface area contributed by atoms with Crippen molar-refractivity contribution in [3.63, 3.8) is 0 Å². The zero-order chi connectivity index (χ0) is 12.7. The van der Waals surface area contributed by atoms with Gasteiger partial charge in [-0.15, -0.1) is 0 Å². The molecule has 1 aromatic rings. The Balaban J connectivity index is 2.79. The van der Waals surface area contributed by atoms with Gasteiger partial charge in [0.15, 0.2) is 0 Å². The van der Waals surface area contributed by atoms with Gasteiger partial charge in [0.1, 0.15) is 5.69 Å². The van der Waals surface area contributed by atoms with E-state index in [1.54, 1.807) is 0 Å². The maximum Gasteiger partial charge on any atom is 0.270 e. The van der Waals surface area contributed by atoms with Crippen LogP contribution in [0.1, 0.15) is 10.5 Å². The molecule has 0 bridgehead atoms. The molecule has 1 rings (SSSR count). The number of nitrogens with one attached hydrogen (secondary N) is 1. The number of aromatic amines is 1. The average Bonchev–Trinajstić information content (AvgIpc) is 2.33. The third-order valence-electron chi connectivity index (χ3n) is 2.22. The Morgan fingerprint density at radius 3 is 2.82 bits per heavy atom. The first-order valence-corrected chi connectivity index (χ1v) is 5.27. The number of hydrogen-bond acceptors (Lipinski definition) is 4. The van der Waals surface area contributed by atoms with E-state index in [2.05, 4.69) is 4.98 Å². The Morgan fingerprint density at radius 2 is 2.24 bits per heavy atom. The van der Waals surface area contributed by atoms with E-state index in [4.69, 9.17) is 9.84 Å². The molecule has 0 fully saturated rings. The van der Waals surface area contributed by atoms with Gasteiger partial charge in [0.05, 0.1) is 13.2 Å².